The predicted molar refractivity (Wildman–Crippen MR) is 71.0 cm³/mol. The van der Waals surface area contributed by atoms with Gasteiger partial charge in [-0.05, 0) is 39.3 Å². The van der Waals surface area contributed by atoms with Crippen LogP contribution in [0.5, 0.6) is 0 Å². The third kappa shape index (κ3) is 2.53. The molecule has 1 N–H and O–H groups in total. The molecule has 0 atom stereocenters. The Bertz CT molecular complexity index is 583. The lowest BCUT2D eigenvalue weighted by Crippen LogP contribution is -2.16. The highest BCUT2D eigenvalue weighted by atomic mass is 32.1. The normalized spacial score (nSPS) is 10.4. The van der Waals surface area contributed by atoms with Gasteiger partial charge in [-0.15, -0.1) is 0 Å². The fraction of sp³-hybridized carbons (Fsp3) is 0.333. The van der Waals surface area contributed by atoms with Gasteiger partial charge < -0.3 is 0 Å². The molecule has 0 aromatic carbocycles. The summed E-state index contributed by atoms with van der Waals surface area (Å²) in [6.45, 7) is 7.44. The van der Waals surface area contributed by atoms with Gasteiger partial charge in [-0.2, -0.15) is 4.37 Å². The van der Waals surface area contributed by atoms with Crippen molar-refractivity contribution in [1.29, 1.82) is 0 Å². The first-order valence-electron chi connectivity index (χ1n) is 5.54. The van der Waals surface area contributed by atoms with Crippen molar-refractivity contribution < 1.29 is 4.79 Å². The minimum Gasteiger partial charge on any atom is -0.297 e. The van der Waals surface area contributed by atoms with Crippen molar-refractivity contribution in [3.05, 3.63) is 34.4 Å². The summed E-state index contributed by atoms with van der Waals surface area (Å²) >= 11 is 1.17. The molecule has 0 spiro atoms. The maximum Gasteiger partial charge on any atom is 0.259 e. The fourth-order valence-electron chi connectivity index (χ4n) is 1.87. The molecule has 2 rings (SSSR count). The molecule has 0 fully saturated rings. The molecule has 0 saturated carbocycles. The van der Waals surface area contributed by atoms with Crippen molar-refractivity contribution in [2.45, 2.75) is 27.7 Å². The van der Waals surface area contributed by atoms with Crippen LogP contribution in [0.25, 0.3) is 0 Å². The Morgan fingerprint density at radius 1 is 1.22 bits per heavy atom. The van der Waals surface area contributed by atoms with E-state index < -0.39 is 0 Å². The monoisotopic (exact) mass is 262 g/mol. The molecule has 1 amide bonds. The number of nitrogens with zero attached hydrogens (tertiary/aromatic N) is 3. The Hall–Kier alpha value is -1.82. The number of hydrogen-bond donors (Lipinski definition) is 1. The molecule has 2 aromatic heterocycles. The minimum absolute atomic E-state index is 0.186. The van der Waals surface area contributed by atoms with E-state index in [1.807, 2.05) is 26.8 Å². The molecule has 2 heterocycles. The van der Waals surface area contributed by atoms with Crippen LogP contribution in [0, 0.1) is 27.7 Å². The van der Waals surface area contributed by atoms with E-state index in [0.717, 1.165) is 17.0 Å². The zero-order valence-corrected chi connectivity index (χ0v) is 11.6. The molecule has 0 saturated heterocycles. The third-order valence-corrected chi connectivity index (χ3v) is 3.22. The third-order valence-electron chi connectivity index (χ3n) is 2.50. The number of hydrogen-bond acceptors (Lipinski definition) is 5. The average molecular weight is 262 g/mol. The van der Waals surface area contributed by atoms with Gasteiger partial charge in [0.2, 0.25) is 5.13 Å². The highest BCUT2D eigenvalue weighted by molar-refractivity contribution is 7.09. The molecule has 0 aliphatic carbocycles. The summed E-state index contributed by atoms with van der Waals surface area (Å²) in [4.78, 5) is 20.6. The maximum absolute atomic E-state index is 12.2. The summed E-state index contributed by atoms with van der Waals surface area (Å²) in [7, 11) is 0. The van der Waals surface area contributed by atoms with Crippen LogP contribution in [0.4, 0.5) is 5.13 Å². The minimum atomic E-state index is -0.186. The van der Waals surface area contributed by atoms with Crippen molar-refractivity contribution in [3.63, 3.8) is 0 Å². The molecule has 94 valence electrons. The summed E-state index contributed by atoms with van der Waals surface area (Å²) in [6, 6.07) is 1.90. The Kier molecular flexibility index (Phi) is 3.38. The van der Waals surface area contributed by atoms with Crippen molar-refractivity contribution in [3.8, 4) is 0 Å². The van der Waals surface area contributed by atoms with Crippen molar-refractivity contribution >= 4 is 22.6 Å². The molecule has 5 nitrogen and oxygen atoms in total. The van der Waals surface area contributed by atoms with E-state index in [4.69, 9.17) is 0 Å². The van der Waals surface area contributed by atoms with Crippen LogP contribution < -0.4 is 5.32 Å². The van der Waals surface area contributed by atoms with Gasteiger partial charge in [-0.3, -0.25) is 15.1 Å². The molecule has 0 aliphatic heterocycles. The molecule has 0 aliphatic rings. The number of pyridine rings is 1. The summed E-state index contributed by atoms with van der Waals surface area (Å²) in [6.07, 6.45) is 0. The summed E-state index contributed by atoms with van der Waals surface area (Å²) in [5.41, 5.74) is 3.16. The average Bonchev–Trinajstić information content (AvgIpc) is 2.62. The van der Waals surface area contributed by atoms with E-state index in [1.165, 1.54) is 11.5 Å². The van der Waals surface area contributed by atoms with Gasteiger partial charge in [0.25, 0.3) is 5.91 Å². The summed E-state index contributed by atoms with van der Waals surface area (Å²) in [5, 5.41) is 3.26. The van der Waals surface area contributed by atoms with Crippen LogP contribution in [-0.4, -0.2) is 20.2 Å². The lowest BCUT2D eigenvalue weighted by molar-refractivity contribution is 0.102. The number of rotatable bonds is 2. The molecular weight excluding hydrogens is 248 g/mol. The zero-order chi connectivity index (χ0) is 13.3. The van der Waals surface area contributed by atoms with Crippen LogP contribution >= 0.6 is 11.5 Å². The Morgan fingerprint density at radius 2 is 1.94 bits per heavy atom. The summed E-state index contributed by atoms with van der Waals surface area (Å²) in [5.74, 6) is 0.472. The highest BCUT2D eigenvalue weighted by Crippen LogP contribution is 2.17. The van der Waals surface area contributed by atoms with E-state index >= 15 is 0 Å². The van der Waals surface area contributed by atoms with Gasteiger partial charge in [0.1, 0.15) is 5.82 Å². The number of carbonyl (C=O) groups is 1. The lowest BCUT2D eigenvalue weighted by atomic mass is 10.1. The fourth-order valence-corrected chi connectivity index (χ4v) is 2.45. The van der Waals surface area contributed by atoms with Crippen LogP contribution in [0.15, 0.2) is 6.07 Å². The Morgan fingerprint density at radius 3 is 2.50 bits per heavy atom. The lowest BCUT2D eigenvalue weighted by Gasteiger charge is -2.09. The van der Waals surface area contributed by atoms with E-state index in [2.05, 4.69) is 19.7 Å². The van der Waals surface area contributed by atoms with E-state index in [9.17, 15) is 4.79 Å². The maximum atomic E-state index is 12.2. The largest absolute Gasteiger partial charge is 0.297 e. The van der Waals surface area contributed by atoms with Gasteiger partial charge in [-0.25, -0.2) is 4.98 Å². The van der Waals surface area contributed by atoms with Gasteiger partial charge in [0.05, 0.1) is 11.3 Å². The SMILES string of the molecule is Cc1cc(C)c(C(=O)Nc2nc(C)ns2)c(C)n1. The van der Waals surface area contributed by atoms with Crippen LogP contribution in [0.1, 0.15) is 33.1 Å². The molecule has 0 bridgehead atoms. The van der Waals surface area contributed by atoms with Crippen molar-refractivity contribution in [2.75, 3.05) is 5.32 Å². The van der Waals surface area contributed by atoms with Gasteiger partial charge in [0.15, 0.2) is 0 Å². The number of aryl methyl sites for hydroxylation is 4. The molecule has 0 unspecified atom stereocenters. The van der Waals surface area contributed by atoms with Gasteiger partial charge >= 0.3 is 0 Å². The van der Waals surface area contributed by atoms with Crippen LogP contribution in [0.3, 0.4) is 0 Å². The second-order valence-corrected chi connectivity index (χ2v) is 4.89. The summed E-state index contributed by atoms with van der Waals surface area (Å²) < 4.78 is 4.02. The number of anilines is 1. The second-order valence-electron chi connectivity index (χ2n) is 4.14. The number of aromatic nitrogens is 3. The molecule has 2 aromatic rings. The molecule has 18 heavy (non-hydrogen) atoms. The smallest absolute Gasteiger partial charge is 0.259 e. The van der Waals surface area contributed by atoms with Crippen molar-refractivity contribution in [2.24, 2.45) is 0 Å². The molecule has 6 heteroatoms. The first-order valence-corrected chi connectivity index (χ1v) is 6.31. The molecule has 0 radical (unpaired) electrons. The Balaban J connectivity index is 2.29. The number of carbonyl (C=O) groups excluding carboxylic acids is 1. The predicted octanol–water partition coefficient (Wildman–Crippen LogP) is 2.42. The Labute approximate surface area is 109 Å². The zero-order valence-electron chi connectivity index (χ0n) is 10.7. The molecular formula is C12H14N4OS. The second kappa shape index (κ2) is 4.81. The van der Waals surface area contributed by atoms with E-state index in [1.54, 1.807) is 6.92 Å². The standard InChI is InChI=1S/C12H14N4OS/c1-6-5-7(2)13-8(3)10(6)11(17)15-12-14-9(4)16-18-12/h5H,1-4H3,(H,14,15,16,17). The van der Waals surface area contributed by atoms with Gasteiger partial charge in [-0.1, -0.05) is 0 Å². The number of amides is 1. The topological polar surface area (TPSA) is 67.8 Å². The quantitative estimate of drug-likeness (QED) is 0.902. The van der Waals surface area contributed by atoms with Crippen molar-refractivity contribution in [1.82, 2.24) is 14.3 Å². The van der Waals surface area contributed by atoms with E-state index in [-0.39, 0.29) is 5.91 Å². The van der Waals surface area contributed by atoms with Crippen LogP contribution in [0.2, 0.25) is 0 Å². The van der Waals surface area contributed by atoms with E-state index in [0.29, 0.717) is 16.5 Å². The highest BCUT2D eigenvalue weighted by Gasteiger charge is 2.15. The van der Waals surface area contributed by atoms with Gasteiger partial charge in [0, 0.05) is 17.2 Å². The van der Waals surface area contributed by atoms with Crippen LogP contribution in [-0.2, 0) is 0 Å². The number of nitrogens with one attached hydrogen (secondary N) is 1. The first-order chi connectivity index (χ1) is 8.47. The first kappa shape index (κ1) is 12.6.